The Labute approximate surface area is 91.0 Å². The van der Waals surface area contributed by atoms with Crippen molar-refractivity contribution in [3.63, 3.8) is 0 Å². The standard InChI is InChI=1S/C7H6Br2N2O/c1-10-7(12)4-3-11-6(9)2-5(4)8/h2-3H,1H3,(H,10,12)/i1D3. The fraction of sp³-hybridized carbons (Fsp3) is 0.143. The Kier molecular flexibility index (Phi) is 2.03. The number of aromatic nitrogens is 1. The molecule has 0 unspecified atom stereocenters. The second-order valence-electron chi connectivity index (χ2n) is 1.94. The molecule has 64 valence electrons. The van der Waals surface area contributed by atoms with Crippen molar-refractivity contribution in [1.29, 1.82) is 0 Å². The first kappa shape index (κ1) is 6.10. The third kappa shape index (κ3) is 2.04. The van der Waals surface area contributed by atoms with Crippen LogP contribution in [-0.2, 0) is 0 Å². The molecule has 0 atom stereocenters. The topological polar surface area (TPSA) is 42.0 Å². The van der Waals surface area contributed by atoms with Crippen LogP contribution in [0.25, 0.3) is 0 Å². The molecule has 1 rings (SSSR count). The Hall–Kier alpha value is -0.420. The van der Waals surface area contributed by atoms with Crippen molar-refractivity contribution < 1.29 is 8.91 Å². The van der Waals surface area contributed by atoms with E-state index in [2.05, 4.69) is 36.8 Å². The van der Waals surface area contributed by atoms with Gasteiger partial charge in [0.05, 0.1) is 5.56 Å². The summed E-state index contributed by atoms with van der Waals surface area (Å²) in [6, 6.07) is 1.56. The van der Waals surface area contributed by atoms with E-state index in [1.165, 1.54) is 6.20 Å². The number of hydrogen-bond acceptors (Lipinski definition) is 2. The maximum absolute atomic E-state index is 11.4. The molecule has 1 N–H and O–H groups in total. The van der Waals surface area contributed by atoms with Gasteiger partial charge in [-0.1, -0.05) is 0 Å². The zero-order chi connectivity index (χ0) is 11.6. The molecule has 3 nitrogen and oxygen atoms in total. The number of amides is 1. The highest BCUT2D eigenvalue weighted by Crippen LogP contribution is 2.19. The first-order valence-corrected chi connectivity index (χ1v) is 4.52. The van der Waals surface area contributed by atoms with Gasteiger partial charge in [-0.15, -0.1) is 0 Å². The monoisotopic (exact) mass is 295 g/mol. The van der Waals surface area contributed by atoms with Crippen LogP contribution in [0, 0.1) is 0 Å². The van der Waals surface area contributed by atoms with Gasteiger partial charge in [-0.2, -0.15) is 0 Å². The van der Waals surface area contributed by atoms with Crippen molar-refractivity contribution >= 4 is 37.8 Å². The first-order valence-electron chi connectivity index (χ1n) is 4.43. The fourth-order valence-electron chi connectivity index (χ4n) is 0.642. The summed E-state index contributed by atoms with van der Waals surface area (Å²) in [6.07, 6.45) is 1.29. The highest BCUT2D eigenvalue weighted by atomic mass is 79.9. The van der Waals surface area contributed by atoms with E-state index < -0.39 is 12.9 Å². The van der Waals surface area contributed by atoms with E-state index in [1.54, 1.807) is 6.07 Å². The average molecular weight is 297 g/mol. The van der Waals surface area contributed by atoms with E-state index in [-0.39, 0.29) is 5.56 Å². The van der Waals surface area contributed by atoms with E-state index in [1.807, 2.05) is 5.32 Å². The molecule has 0 spiro atoms. The summed E-state index contributed by atoms with van der Waals surface area (Å²) < 4.78 is 21.7. The van der Waals surface area contributed by atoms with Gasteiger partial charge in [0.25, 0.3) is 5.91 Å². The molecule has 0 aliphatic rings. The fourth-order valence-corrected chi connectivity index (χ4v) is 1.78. The molecule has 1 amide bonds. The maximum atomic E-state index is 11.4. The molecule has 0 bridgehead atoms. The van der Waals surface area contributed by atoms with E-state index >= 15 is 0 Å². The summed E-state index contributed by atoms with van der Waals surface area (Å²) in [5, 5.41) is 1.87. The second kappa shape index (κ2) is 4.00. The average Bonchev–Trinajstić information content (AvgIpc) is 1.99. The van der Waals surface area contributed by atoms with Crippen LogP contribution in [0.2, 0.25) is 0 Å². The Morgan fingerprint density at radius 3 is 3.08 bits per heavy atom. The van der Waals surface area contributed by atoms with Crippen molar-refractivity contribution in [1.82, 2.24) is 10.3 Å². The molecule has 0 aliphatic carbocycles. The molecule has 0 saturated carbocycles. The molecular formula is C7H6Br2N2O. The zero-order valence-electron chi connectivity index (χ0n) is 8.77. The normalized spacial score (nSPS) is 14.3. The molecule has 0 saturated heterocycles. The molecule has 0 aliphatic heterocycles. The van der Waals surface area contributed by atoms with Crippen LogP contribution in [0.4, 0.5) is 0 Å². The molecule has 1 heterocycles. The quantitative estimate of drug-likeness (QED) is 0.805. The molecule has 5 heteroatoms. The lowest BCUT2D eigenvalue weighted by molar-refractivity contribution is 0.0962. The van der Waals surface area contributed by atoms with E-state index in [4.69, 9.17) is 4.11 Å². The number of hydrogen-bond donors (Lipinski definition) is 1. The molecule has 1 aromatic heterocycles. The number of nitrogens with zero attached hydrogens (tertiary/aromatic N) is 1. The third-order valence-electron chi connectivity index (χ3n) is 1.18. The Balaban J connectivity index is 2.92. The van der Waals surface area contributed by atoms with Gasteiger partial charge < -0.3 is 5.32 Å². The van der Waals surface area contributed by atoms with Crippen LogP contribution < -0.4 is 5.32 Å². The summed E-state index contributed by atoms with van der Waals surface area (Å²) in [5.41, 5.74) is 0.175. The first-order chi connectivity index (χ1) is 6.79. The molecule has 1 aromatic rings. The summed E-state index contributed by atoms with van der Waals surface area (Å²) in [4.78, 5) is 15.3. The summed E-state index contributed by atoms with van der Waals surface area (Å²) in [7, 11) is 0. The zero-order valence-corrected chi connectivity index (χ0v) is 8.94. The lowest BCUT2D eigenvalue weighted by atomic mass is 10.3. The maximum Gasteiger partial charge on any atom is 0.253 e. The predicted molar refractivity (Wildman–Crippen MR) is 53.0 cm³/mol. The third-order valence-corrected chi connectivity index (χ3v) is 2.27. The van der Waals surface area contributed by atoms with Gasteiger partial charge in [0.15, 0.2) is 0 Å². The molecule has 12 heavy (non-hydrogen) atoms. The number of nitrogens with one attached hydrogen (secondary N) is 1. The summed E-state index contributed by atoms with van der Waals surface area (Å²) in [6.45, 7) is -2.50. The second-order valence-corrected chi connectivity index (χ2v) is 3.61. The Bertz CT molecular complexity index is 394. The van der Waals surface area contributed by atoms with Gasteiger partial charge in [-0.25, -0.2) is 4.98 Å². The van der Waals surface area contributed by atoms with Crippen molar-refractivity contribution in [2.45, 2.75) is 0 Å². The number of rotatable bonds is 1. The van der Waals surface area contributed by atoms with Gasteiger partial charge in [-0.3, -0.25) is 4.79 Å². The largest absolute Gasteiger partial charge is 0.355 e. The number of halogens is 2. The van der Waals surface area contributed by atoms with Crippen LogP contribution >= 0.6 is 31.9 Å². The minimum Gasteiger partial charge on any atom is -0.355 e. The van der Waals surface area contributed by atoms with E-state index in [0.29, 0.717) is 9.08 Å². The van der Waals surface area contributed by atoms with Crippen LogP contribution in [0.15, 0.2) is 21.3 Å². The van der Waals surface area contributed by atoms with E-state index in [0.717, 1.165) is 0 Å². The summed E-state index contributed by atoms with van der Waals surface area (Å²) in [5.74, 6) is -0.693. The highest BCUT2D eigenvalue weighted by molar-refractivity contribution is 9.11. The predicted octanol–water partition coefficient (Wildman–Crippen LogP) is 1.97. The molecular weight excluding hydrogens is 288 g/mol. The molecule has 0 radical (unpaired) electrons. The minimum absolute atomic E-state index is 0.175. The van der Waals surface area contributed by atoms with Crippen molar-refractivity contribution in [3.8, 4) is 0 Å². The molecule has 0 fully saturated rings. The van der Waals surface area contributed by atoms with Crippen LogP contribution in [0.5, 0.6) is 0 Å². The van der Waals surface area contributed by atoms with Gasteiger partial charge in [0, 0.05) is 21.8 Å². The van der Waals surface area contributed by atoms with Gasteiger partial charge in [0.2, 0.25) is 0 Å². The van der Waals surface area contributed by atoms with Crippen LogP contribution in [0.3, 0.4) is 0 Å². The number of carbonyl (C=O) groups excluding carboxylic acids is 1. The SMILES string of the molecule is [2H]C([2H])([2H])NC(=O)c1cnc(Br)cc1Br. The number of pyridine rings is 1. The van der Waals surface area contributed by atoms with Gasteiger partial charge in [-0.05, 0) is 37.9 Å². The van der Waals surface area contributed by atoms with Crippen molar-refractivity contribution in [3.05, 3.63) is 26.9 Å². The lowest BCUT2D eigenvalue weighted by Crippen LogP contribution is -2.18. The Morgan fingerprint density at radius 2 is 2.50 bits per heavy atom. The minimum atomic E-state index is -2.50. The Morgan fingerprint density at radius 1 is 1.75 bits per heavy atom. The summed E-state index contributed by atoms with van der Waals surface area (Å²) >= 11 is 6.26. The molecule has 0 aromatic carbocycles. The smallest absolute Gasteiger partial charge is 0.253 e. The van der Waals surface area contributed by atoms with Crippen molar-refractivity contribution in [2.75, 3.05) is 6.98 Å². The van der Waals surface area contributed by atoms with Gasteiger partial charge in [0.1, 0.15) is 4.60 Å². The lowest BCUT2D eigenvalue weighted by Gasteiger charge is -2.01. The van der Waals surface area contributed by atoms with Crippen LogP contribution in [0.1, 0.15) is 14.5 Å². The van der Waals surface area contributed by atoms with Gasteiger partial charge >= 0.3 is 0 Å². The number of carbonyl (C=O) groups is 1. The highest BCUT2D eigenvalue weighted by Gasteiger charge is 2.08. The van der Waals surface area contributed by atoms with Crippen molar-refractivity contribution in [2.24, 2.45) is 0 Å². The van der Waals surface area contributed by atoms with Crippen LogP contribution in [-0.4, -0.2) is 17.9 Å². The van der Waals surface area contributed by atoms with E-state index in [9.17, 15) is 4.79 Å².